The zero-order valence-electron chi connectivity index (χ0n) is 21.1. The normalized spacial score (nSPS) is 10.8. The van der Waals surface area contributed by atoms with Crippen molar-refractivity contribution in [2.45, 2.75) is 20.8 Å². The van der Waals surface area contributed by atoms with Crippen LogP contribution in [-0.4, -0.2) is 41.5 Å². The molecule has 0 unspecified atom stereocenters. The smallest absolute Gasteiger partial charge is 0.336 e. The molecule has 0 atom stereocenters. The molecule has 36 heavy (non-hydrogen) atoms. The van der Waals surface area contributed by atoms with Crippen molar-refractivity contribution in [3.8, 4) is 34.6 Å². The highest BCUT2D eigenvalue weighted by Crippen LogP contribution is 2.27. The zero-order chi connectivity index (χ0) is 25.7. The van der Waals surface area contributed by atoms with Gasteiger partial charge in [0.15, 0.2) is 5.82 Å². The molecule has 0 saturated heterocycles. The molecule has 1 aromatic heterocycles. The van der Waals surface area contributed by atoms with Gasteiger partial charge in [-0.3, -0.25) is 4.79 Å². The van der Waals surface area contributed by atoms with Crippen molar-refractivity contribution in [1.82, 2.24) is 14.8 Å². The fourth-order valence-corrected chi connectivity index (χ4v) is 3.54. The first-order chi connectivity index (χ1) is 17.4. The van der Waals surface area contributed by atoms with E-state index in [-0.39, 0.29) is 5.91 Å². The Hall–Kier alpha value is -4.33. The minimum atomic E-state index is -0.285. The van der Waals surface area contributed by atoms with Crippen molar-refractivity contribution in [1.29, 1.82) is 0 Å². The molecule has 0 aliphatic rings. The number of carbonyl (C=O) groups is 1. The largest absolute Gasteiger partial charge is 0.497 e. The summed E-state index contributed by atoms with van der Waals surface area (Å²) >= 11 is 0. The molecule has 1 amide bonds. The van der Waals surface area contributed by atoms with Gasteiger partial charge in [0.1, 0.15) is 11.5 Å². The number of hydrogen-bond acceptors (Lipinski definition) is 6. The van der Waals surface area contributed by atoms with Crippen LogP contribution < -0.4 is 19.5 Å². The van der Waals surface area contributed by atoms with Gasteiger partial charge in [-0.15, -0.1) is 5.10 Å². The van der Waals surface area contributed by atoms with Crippen molar-refractivity contribution in [2.75, 3.05) is 26.1 Å². The molecule has 4 aromatic rings. The van der Waals surface area contributed by atoms with Crippen LogP contribution in [0.25, 0.3) is 17.1 Å². The monoisotopic (exact) mass is 486 g/mol. The van der Waals surface area contributed by atoms with Gasteiger partial charge in [-0.1, -0.05) is 43.7 Å². The predicted molar refractivity (Wildman–Crippen MR) is 139 cm³/mol. The summed E-state index contributed by atoms with van der Waals surface area (Å²) in [5.74, 6) is 1.79. The molecular weight excluding hydrogens is 456 g/mol. The van der Waals surface area contributed by atoms with Crippen LogP contribution in [0.5, 0.6) is 17.5 Å². The van der Waals surface area contributed by atoms with E-state index in [9.17, 15) is 4.79 Å². The fraction of sp³-hybridized carbons (Fsp3) is 0.250. The number of aromatic nitrogens is 3. The number of methoxy groups -OCH3 is 2. The summed E-state index contributed by atoms with van der Waals surface area (Å²) in [6, 6.07) is 20.9. The van der Waals surface area contributed by atoms with Crippen LogP contribution >= 0.6 is 0 Å². The van der Waals surface area contributed by atoms with Crippen LogP contribution in [0, 0.1) is 12.8 Å². The topological polar surface area (TPSA) is 87.5 Å². The van der Waals surface area contributed by atoms with Crippen molar-refractivity contribution in [2.24, 2.45) is 5.92 Å². The Labute approximate surface area is 210 Å². The summed E-state index contributed by atoms with van der Waals surface area (Å²) in [6.07, 6.45) is 0. The summed E-state index contributed by atoms with van der Waals surface area (Å²) in [6.45, 7) is 6.72. The summed E-state index contributed by atoms with van der Waals surface area (Å²) in [7, 11) is 3.08. The molecule has 8 heteroatoms. The second-order valence-electron chi connectivity index (χ2n) is 8.77. The molecule has 1 heterocycles. The van der Waals surface area contributed by atoms with Crippen LogP contribution in [0.3, 0.4) is 0 Å². The minimum absolute atomic E-state index is 0.285. The minimum Gasteiger partial charge on any atom is -0.497 e. The maximum atomic E-state index is 12.9. The predicted octanol–water partition coefficient (Wildman–Crippen LogP) is 5.55. The average molecular weight is 487 g/mol. The van der Waals surface area contributed by atoms with E-state index in [4.69, 9.17) is 14.2 Å². The van der Waals surface area contributed by atoms with Crippen molar-refractivity contribution < 1.29 is 19.0 Å². The molecular formula is C28H30N4O4. The van der Waals surface area contributed by atoms with Gasteiger partial charge in [0.25, 0.3) is 5.91 Å². The van der Waals surface area contributed by atoms with Crippen LogP contribution in [0.1, 0.15) is 29.8 Å². The molecule has 4 rings (SSSR count). The number of aryl methyl sites for hydroxylation is 1. The number of carbonyl (C=O) groups excluding carboxylic acids is 1. The van der Waals surface area contributed by atoms with Crippen molar-refractivity contribution in [3.63, 3.8) is 0 Å². The summed E-state index contributed by atoms with van der Waals surface area (Å²) in [5.41, 5.74) is 3.92. The van der Waals surface area contributed by atoms with E-state index in [0.717, 1.165) is 16.8 Å². The third-order valence-electron chi connectivity index (χ3n) is 5.47. The van der Waals surface area contributed by atoms with Crippen LogP contribution in [0.15, 0.2) is 66.7 Å². The third-order valence-corrected chi connectivity index (χ3v) is 5.47. The molecule has 0 saturated carbocycles. The molecule has 1 N–H and O–H groups in total. The van der Waals surface area contributed by atoms with Gasteiger partial charge in [0, 0.05) is 17.3 Å². The summed E-state index contributed by atoms with van der Waals surface area (Å²) < 4.78 is 18.1. The maximum absolute atomic E-state index is 12.9. The number of anilines is 1. The quantitative estimate of drug-likeness (QED) is 0.334. The molecule has 3 aromatic carbocycles. The van der Waals surface area contributed by atoms with E-state index < -0.39 is 0 Å². The molecule has 0 aliphatic heterocycles. The maximum Gasteiger partial charge on any atom is 0.336 e. The second kappa shape index (κ2) is 10.9. The highest BCUT2D eigenvalue weighted by Gasteiger charge is 2.17. The number of ether oxygens (including phenoxy) is 3. The van der Waals surface area contributed by atoms with Gasteiger partial charge < -0.3 is 19.5 Å². The van der Waals surface area contributed by atoms with E-state index in [1.165, 1.54) is 7.11 Å². The lowest BCUT2D eigenvalue weighted by Crippen LogP contribution is -2.13. The van der Waals surface area contributed by atoms with E-state index in [1.807, 2.05) is 55.5 Å². The van der Waals surface area contributed by atoms with Gasteiger partial charge in [-0.2, -0.15) is 4.98 Å². The molecule has 0 aliphatic carbocycles. The number of amides is 1. The zero-order valence-corrected chi connectivity index (χ0v) is 21.1. The van der Waals surface area contributed by atoms with Gasteiger partial charge in [0.2, 0.25) is 0 Å². The SMILES string of the molecule is COc1ccc(C(=O)Nc2ccc(-n3nc(OCC(C)C)nc3-c3ccc(C)cc3)cc2)c(OC)c1. The Balaban J connectivity index is 1.59. The number of hydrogen-bond donors (Lipinski definition) is 1. The number of nitrogens with zero attached hydrogens (tertiary/aromatic N) is 3. The number of rotatable bonds is 9. The average Bonchev–Trinajstić information content (AvgIpc) is 3.32. The number of nitrogens with one attached hydrogen (secondary N) is 1. The second-order valence-corrected chi connectivity index (χ2v) is 8.77. The third kappa shape index (κ3) is 5.66. The lowest BCUT2D eigenvalue weighted by Gasteiger charge is -2.11. The molecule has 0 radical (unpaired) electrons. The Morgan fingerprint density at radius 2 is 1.69 bits per heavy atom. The summed E-state index contributed by atoms with van der Waals surface area (Å²) in [5, 5.41) is 7.51. The van der Waals surface area contributed by atoms with Crippen LogP contribution in [0.4, 0.5) is 5.69 Å². The van der Waals surface area contributed by atoms with Gasteiger partial charge in [0.05, 0.1) is 32.1 Å². The van der Waals surface area contributed by atoms with Crippen molar-refractivity contribution >= 4 is 11.6 Å². The summed E-state index contributed by atoms with van der Waals surface area (Å²) in [4.78, 5) is 17.5. The van der Waals surface area contributed by atoms with E-state index in [1.54, 1.807) is 30.0 Å². The van der Waals surface area contributed by atoms with Crippen LogP contribution in [0.2, 0.25) is 0 Å². The first-order valence-electron chi connectivity index (χ1n) is 11.7. The Morgan fingerprint density at radius 1 is 0.972 bits per heavy atom. The highest BCUT2D eigenvalue weighted by atomic mass is 16.5. The molecule has 0 fully saturated rings. The molecule has 8 nitrogen and oxygen atoms in total. The molecule has 186 valence electrons. The Kier molecular flexibility index (Phi) is 7.53. The van der Waals surface area contributed by atoms with E-state index in [0.29, 0.717) is 47.1 Å². The van der Waals surface area contributed by atoms with Gasteiger partial charge in [-0.25, -0.2) is 4.68 Å². The molecule has 0 bridgehead atoms. The Bertz CT molecular complexity index is 1330. The van der Waals surface area contributed by atoms with Gasteiger partial charge >= 0.3 is 6.01 Å². The van der Waals surface area contributed by atoms with E-state index >= 15 is 0 Å². The molecule has 0 spiro atoms. The van der Waals surface area contributed by atoms with Gasteiger partial charge in [-0.05, 0) is 49.2 Å². The lowest BCUT2D eigenvalue weighted by atomic mass is 10.1. The highest BCUT2D eigenvalue weighted by molar-refractivity contribution is 6.06. The lowest BCUT2D eigenvalue weighted by molar-refractivity contribution is 0.102. The number of benzene rings is 3. The van der Waals surface area contributed by atoms with Crippen LogP contribution in [-0.2, 0) is 0 Å². The first kappa shape index (κ1) is 24.8. The first-order valence-corrected chi connectivity index (χ1v) is 11.7. The standard InChI is InChI=1S/C28H30N4O4/c1-18(2)17-36-28-30-26(20-8-6-19(3)7-9-20)32(31-28)22-12-10-21(11-13-22)29-27(33)24-15-14-23(34-4)16-25(24)35-5/h6-16,18H,17H2,1-5H3,(H,29,33). The Morgan fingerprint density at radius 3 is 2.33 bits per heavy atom. The van der Waals surface area contributed by atoms with Crippen molar-refractivity contribution in [3.05, 3.63) is 77.9 Å². The fourth-order valence-electron chi connectivity index (χ4n) is 3.54. The van der Waals surface area contributed by atoms with E-state index in [2.05, 4.69) is 29.2 Å².